The van der Waals surface area contributed by atoms with E-state index in [1.165, 1.54) is 12.0 Å². The summed E-state index contributed by atoms with van der Waals surface area (Å²) in [6.45, 7) is 2.28. The quantitative estimate of drug-likeness (QED) is 0.675. The molecule has 0 saturated heterocycles. The molecule has 25 heavy (non-hydrogen) atoms. The van der Waals surface area contributed by atoms with Crippen LogP contribution in [0.4, 0.5) is 0 Å². The van der Waals surface area contributed by atoms with Gasteiger partial charge in [0.05, 0.1) is 0 Å². The predicted octanol–water partition coefficient (Wildman–Crippen LogP) is 4.15. The van der Waals surface area contributed by atoms with Gasteiger partial charge in [0.1, 0.15) is 5.60 Å². The largest absolute Gasteiger partial charge is 0.451 e. The van der Waals surface area contributed by atoms with Crippen LogP contribution < -0.4 is 0 Å². The van der Waals surface area contributed by atoms with E-state index in [9.17, 15) is 9.59 Å². The molecule has 2 saturated carbocycles. The Morgan fingerprint density at radius 3 is 2.80 bits per heavy atom. The highest BCUT2D eigenvalue weighted by atomic mass is 16.6. The molecule has 5 rings (SSSR count). The SMILES string of the molecule is CC[C@]12CC[C@H]3[C@@H](C=CC4=CC(=O)CC[C@@H]43)[C@@H]1CC[C@@]21C=CC(=O)O1. The van der Waals surface area contributed by atoms with Gasteiger partial charge in [-0.25, -0.2) is 4.79 Å². The van der Waals surface area contributed by atoms with Crippen molar-refractivity contribution in [2.24, 2.45) is 29.1 Å². The number of rotatable bonds is 1. The number of allylic oxidation sites excluding steroid dienone is 4. The summed E-state index contributed by atoms with van der Waals surface area (Å²) in [5.74, 6) is 2.49. The van der Waals surface area contributed by atoms with E-state index in [2.05, 4.69) is 25.2 Å². The smallest absolute Gasteiger partial charge is 0.331 e. The molecule has 0 aromatic heterocycles. The fraction of sp³-hybridized carbons (Fsp3) is 0.636. The normalized spacial score (nSPS) is 47.3. The average molecular weight is 338 g/mol. The van der Waals surface area contributed by atoms with Crippen LogP contribution in [-0.2, 0) is 14.3 Å². The van der Waals surface area contributed by atoms with E-state index in [-0.39, 0.29) is 22.8 Å². The Morgan fingerprint density at radius 2 is 2.04 bits per heavy atom. The first-order valence-corrected chi connectivity index (χ1v) is 9.93. The van der Waals surface area contributed by atoms with Gasteiger partial charge in [0.25, 0.3) is 0 Å². The van der Waals surface area contributed by atoms with E-state index < -0.39 is 0 Å². The maximum absolute atomic E-state index is 11.9. The van der Waals surface area contributed by atoms with Crippen LogP contribution in [0.3, 0.4) is 0 Å². The van der Waals surface area contributed by atoms with E-state index in [1.54, 1.807) is 6.08 Å². The van der Waals surface area contributed by atoms with Crippen LogP contribution in [0.2, 0.25) is 0 Å². The van der Waals surface area contributed by atoms with Crippen LogP contribution in [0.25, 0.3) is 0 Å². The van der Waals surface area contributed by atoms with Gasteiger partial charge in [0.15, 0.2) is 5.78 Å². The molecule has 0 N–H and O–H groups in total. The first kappa shape index (κ1) is 15.6. The highest BCUT2D eigenvalue weighted by Crippen LogP contribution is 2.67. The van der Waals surface area contributed by atoms with Gasteiger partial charge in [-0.05, 0) is 79.9 Å². The molecule has 132 valence electrons. The fourth-order valence-corrected chi connectivity index (χ4v) is 7.10. The van der Waals surface area contributed by atoms with Crippen LogP contribution in [0.15, 0.2) is 36.0 Å². The summed E-state index contributed by atoms with van der Waals surface area (Å²) >= 11 is 0. The molecule has 4 aliphatic carbocycles. The lowest BCUT2D eigenvalue weighted by atomic mass is 9.51. The lowest BCUT2D eigenvalue weighted by molar-refractivity contribution is -0.162. The molecule has 0 aromatic rings. The van der Waals surface area contributed by atoms with Gasteiger partial charge in [-0.1, -0.05) is 19.1 Å². The van der Waals surface area contributed by atoms with Crippen LogP contribution in [0.1, 0.15) is 51.9 Å². The van der Waals surface area contributed by atoms with Gasteiger partial charge < -0.3 is 4.74 Å². The van der Waals surface area contributed by atoms with Crippen LogP contribution in [0, 0.1) is 29.1 Å². The molecule has 0 aromatic carbocycles. The van der Waals surface area contributed by atoms with Crippen LogP contribution >= 0.6 is 0 Å². The topological polar surface area (TPSA) is 43.4 Å². The number of hydrogen-bond donors (Lipinski definition) is 0. The summed E-state index contributed by atoms with van der Waals surface area (Å²) < 4.78 is 5.94. The zero-order valence-electron chi connectivity index (χ0n) is 14.9. The maximum atomic E-state index is 11.9. The first-order chi connectivity index (χ1) is 12.1. The predicted molar refractivity (Wildman–Crippen MR) is 94.6 cm³/mol. The molecule has 3 heteroatoms. The lowest BCUT2D eigenvalue weighted by Crippen LogP contribution is -2.53. The van der Waals surface area contributed by atoms with Crippen molar-refractivity contribution in [1.82, 2.24) is 0 Å². The number of esters is 1. The third kappa shape index (κ3) is 1.93. The maximum Gasteiger partial charge on any atom is 0.331 e. The number of fused-ring (bicyclic) bond motifs is 6. The molecule has 3 nitrogen and oxygen atoms in total. The minimum atomic E-state index is -0.360. The first-order valence-electron chi connectivity index (χ1n) is 9.93. The summed E-state index contributed by atoms with van der Waals surface area (Å²) in [4.78, 5) is 23.7. The number of ether oxygens (including phenoxy) is 1. The Morgan fingerprint density at radius 1 is 1.16 bits per heavy atom. The lowest BCUT2D eigenvalue weighted by Gasteiger charge is -2.55. The van der Waals surface area contributed by atoms with Crippen LogP contribution in [0.5, 0.6) is 0 Å². The van der Waals surface area contributed by atoms with Gasteiger partial charge in [-0.3, -0.25) is 4.79 Å². The van der Waals surface area contributed by atoms with Crippen molar-refractivity contribution in [1.29, 1.82) is 0 Å². The van der Waals surface area contributed by atoms with Crippen molar-refractivity contribution in [2.75, 3.05) is 0 Å². The van der Waals surface area contributed by atoms with Crippen molar-refractivity contribution in [3.8, 4) is 0 Å². The standard InChI is InChI=1S/C22H26O3/c1-2-21-10-7-17-16-6-4-15(23)13-14(16)3-5-18(17)19(21)8-11-22(21)12-9-20(24)25-22/h3,5,9,12-13,16-19H,2,4,6-8,10-11H2,1H3/t16-,17+,18+,19-,21-,22+/m0/s1. The molecule has 6 atom stereocenters. The van der Waals surface area contributed by atoms with E-state index >= 15 is 0 Å². The second kappa shape index (κ2) is 5.18. The second-order valence-corrected chi connectivity index (χ2v) is 8.69. The minimum absolute atomic E-state index is 0.0901. The molecule has 0 radical (unpaired) electrons. The molecular weight excluding hydrogens is 312 g/mol. The molecular formula is C22H26O3. The Kier molecular flexibility index (Phi) is 3.24. The molecule has 0 bridgehead atoms. The van der Waals surface area contributed by atoms with Crippen molar-refractivity contribution < 1.29 is 14.3 Å². The Balaban J connectivity index is 1.54. The fourth-order valence-electron chi connectivity index (χ4n) is 7.10. The number of hydrogen-bond acceptors (Lipinski definition) is 3. The second-order valence-electron chi connectivity index (χ2n) is 8.69. The third-order valence-corrected chi connectivity index (χ3v) is 8.15. The summed E-state index contributed by atoms with van der Waals surface area (Å²) in [5, 5.41) is 0. The molecule has 1 heterocycles. The molecule has 0 amide bonds. The van der Waals surface area contributed by atoms with Gasteiger partial charge in [-0.2, -0.15) is 0 Å². The summed E-state index contributed by atoms with van der Waals surface area (Å²) in [6.07, 6.45) is 17.5. The van der Waals surface area contributed by atoms with Gasteiger partial charge >= 0.3 is 5.97 Å². The average Bonchev–Trinajstić information content (AvgIpc) is 3.16. The zero-order valence-corrected chi connectivity index (χ0v) is 14.9. The third-order valence-electron chi connectivity index (χ3n) is 8.15. The minimum Gasteiger partial charge on any atom is -0.451 e. The van der Waals surface area contributed by atoms with Crippen molar-refractivity contribution in [3.05, 3.63) is 36.0 Å². The van der Waals surface area contributed by atoms with Crippen molar-refractivity contribution >= 4 is 11.8 Å². The molecule has 5 aliphatic rings. The van der Waals surface area contributed by atoms with E-state index in [0.29, 0.717) is 30.1 Å². The molecule has 0 unspecified atom stereocenters. The molecule has 1 aliphatic heterocycles. The van der Waals surface area contributed by atoms with Gasteiger partial charge in [0, 0.05) is 17.9 Å². The van der Waals surface area contributed by atoms with E-state index in [4.69, 9.17) is 4.74 Å². The summed E-state index contributed by atoms with van der Waals surface area (Å²) in [5.41, 5.74) is 0.995. The molecule has 2 fully saturated rings. The Labute approximate surface area is 149 Å². The summed E-state index contributed by atoms with van der Waals surface area (Å²) in [7, 11) is 0. The number of carbonyl (C=O) groups is 2. The highest BCUT2D eigenvalue weighted by molar-refractivity contribution is 5.92. The number of carbonyl (C=O) groups excluding carboxylic acids is 2. The van der Waals surface area contributed by atoms with Gasteiger partial charge in [-0.15, -0.1) is 0 Å². The van der Waals surface area contributed by atoms with Crippen LogP contribution in [-0.4, -0.2) is 17.4 Å². The Bertz CT molecular complexity index is 730. The van der Waals surface area contributed by atoms with Crippen molar-refractivity contribution in [2.45, 2.75) is 57.5 Å². The van der Waals surface area contributed by atoms with E-state index in [0.717, 1.165) is 32.1 Å². The Hall–Kier alpha value is -1.64. The highest BCUT2D eigenvalue weighted by Gasteiger charge is 2.65. The molecule has 1 spiro atoms. The van der Waals surface area contributed by atoms with Gasteiger partial charge in [0.2, 0.25) is 0 Å². The van der Waals surface area contributed by atoms with E-state index in [1.807, 2.05) is 6.08 Å². The summed E-state index contributed by atoms with van der Waals surface area (Å²) in [6, 6.07) is 0. The monoisotopic (exact) mass is 338 g/mol. The number of ketones is 1. The van der Waals surface area contributed by atoms with Crippen molar-refractivity contribution in [3.63, 3.8) is 0 Å². The zero-order chi connectivity index (χ0) is 17.2.